The van der Waals surface area contributed by atoms with E-state index in [2.05, 4.69) is 4.72 Å². The van der Waals surface area contributed by atoms with E-state index >= 15 is 0 Å². The van der Waals surface area contributed by atoms with Gasteiger partial charge in [0.15, 0.2) is 0 Å². The van der Waals surface area contributed by atoms with Crippen LogP contribution in [-0.4, -0.2) is 39.8 Å². The molecular weight excluding hydrogens is 294 g/mol. The van der Waals surface area contributed by atoms with E-state index in [4.69, 9.17) is 21.4 Å². The molecule has 0 saturated carbocycles. The maximum absolute atomic E-state index is 12.0. The Balaban J connectivity index is 3.23. The Hall–Kier alpha value is -1.15. The van der Waals surface area contributed by atoms with Crippen molar-refractivity contribution in [2.45, 2.75) is 11.8 Å². The van der Waals surface area contributed by atoms with Crippen LogP contribution in [0.2, 0.25) is 5.02 Å². The number of halogens is 1. The van der Waals surface area contributed by atoms with Crippen LogP contribution >= 0.6 is 11.6 Å². The first-order chi connectivity index (χ1) is 8.79. The number of hydrogen-bond acceptors (Lipinski definition) is 4. The summed E-state index contributed by atoms with van der Waals surface area (Å²) in [6, 6.07) is 2.44. The van der Waals surface area contributed by atoms with Gasteiger partial charge >= 0.3 is 5.97 Å². The Morgan fingerprint density at radius 1 is 1.47 bits per heavy atom. The van der Waals surface area contributed by atoms with Gasteiger partial charge in [0, 0.05) is 18.7 Å². The van der Waals surface area contributed by atoms with Crippen LogP contribution in [0.1, 0.15) is 15.9 Å². The van der Waals surface area contributed by atoms with Crippen LogP contribution in [0.4, 0.5) is 0 Å². The monoisotopic (exact) mass is 307 g/mol. The molecule has 0 radical (unpaired) electrons. The van der Waals surface area contributed by atoms with Gasteiger partial charge in [0.1, 0.15) is 0 Å². The zero-order chi connectivity index (χ0) is 14.6. The van der Waals surface area contributed by atoms with Crippen molar-refractivity contribution >= 4 is 27.6 Å². The maximum atomic E-state index is 12.0. The van der Waals surface area contributed by atoms with Crippen molar-refractivity contribution in [3.05, 3.63) is 28.3 Å². The highest BCUT2D eigenvalue weighted by atomic mass is 35.5. The van der Waals surface area contributed by atoms with Gasteiger partial charge in [-0.1, -0.05) is 11.6 Å². The zero-order valence-corrected chi connectivity index (χ0v) is 12.0. The van der Waals surface area contributed by atoms with Gasteiger partial charge < -0.3 is 9.84 Å². The number of methoxy groups -OCH3 is 1. The second kappa shape index (κ2) is 6.33. The molecule has 0 aliphatic carbocycles. The number of hydrogen-bond donors (Lipinski definition) is 2. The van der Waals surface area contributed by atoms with Crippen molar-refractivity contribution in [3.8, 4) is 0 Å². The molecule has 0 fully saturated rings. The fourth-order valence-corrected chi connectivity index (χ4v) is 3.10. The standard InChI is InChI=1S/C11H14ClNO5S/c1-7-9(11(14)15)5-8(12)6-10(7)19(16,17)13-3-4-18-2/h5-6,13H,3-4H2,1-2H3,(H,14,15). The van der Waals surface area contributed by atoms with Crippen molar-refractivity contribution in [2.24, 2.45) is 0 Å². The highest BCUT2D eigenvalue weighted by Crippen LogP contribution is 2.24. The molecule has 0 aliphatic heterocycles. The highest BCUT2D eigenvalue weighted by Gasteiger charge is 2.21. The SMILES string of the molecule is COCCNS(=O)(=O)c1cc(Cl)cc(C(=O)O)c1C. The number of carboxylic acid groups (broad SMARTS) is 1. The first kappa shape index (κ1) is 15.9. The van der Waals surface area contributed by atoms with Gasteiger partial charge in [-0.15, -0.1) is 0 Å². The lowest BCUT2D eigenvalue weighted by molar-refractivity contribution is 0.0696. The molecule has 1 aromatic rings. The lowest BCUT2D eigenvalue weighted by Gasteiger charge is -2.11. The first-order valence-electron chi connectivity index (χ1n) is 5.31. The topological polar surface area (TPSA) is 92.7 Å². The van der Waals surface area contributed by atoms with Gasteiger partial charge in [0.2, 0.25) is 10.0 Å². The number of rotatable bonds is 6. The molecular formula is C11H14ClNO5S. The van der Waals surface area contributed by atoms with Crippen LogP contribution in [0.25, 0.3) is 0 Å². The molecule has 0 atom stereocenters. The number of carboxylic acids is 1. The number of nitrogens with one attached hydrogen (secondary N) is 1. The average molecular weight is 308 g/mol. The quantitative estimate of drug-likeness (QED) is 0.772. The smallest absolute Gasteiger partial charge is 0.336 e. The molecule has 0 bridgehead atoms. The van der Waals surface area contributed by atoms with E-state index in [-0.39, 0.29) is 34.2 Å². The summed E-state index contributed by atoms with van der Waals surface area (Å²) in [6.07, 6.45) is 0. The summed E-state index contributed by atoms with van der Waals surface area (Å²) in [5.74, 6) is -1.23. The number of sulfonamides is 1. The fraction of sp³-hybridized carbons (Fsp3) is 0.364. The molecule has 8 heteroatoms. The minimum Gasteiger partial charge on any atom is -0.478 e. The van der Waals surface area contributed by atoms with E-state index in [0.29, 0.717) is 0 Å². The van der Waals surface area contributed by atoms with Crippen LogP contribution in [0.5, 0.6) is 0 Å². The molecule has 0 amide bonds. The summed E-state index contributed by atoms with van der Waals surface area (Å²) in [6.45, 7) is 1.72. The number of aromatic carboxylic acids is 1. The molecule has 0 aromatic heterocycles. The van der Waals surface area contributed by atoms with Crippen LogP contribution in [0.15, 0.2) is 17.0 Å². The van der Waals surface area contributed by atoms with Crippen LogP contribution < -0.4 is 4.72 Å². The molecule has 0 unspecified atom stereocenters. The summed E-state index contributed by atoms with van der Waals surface area (Å²) in [5, 5.41) is 9.05. The summed E-state index contributed by atoms with van der Waals surface area (Å²) in [4.78, 5) is 10.9. The van der Waals surface area contributed by atoms with Gasteiger partial charge in [-0.25, -0.2) is 17.9 Å². The van der Waals surface area contributed by atoms with Crippen molar-refractivity contribution in [2.75, 3.05) is 20.3 Å². The Bertz CT molecular complexity index is 585. The average Bonchev–Trinajstić information content (AvgIpc) is 2.31. The van der Waals surface area contributed by atoms with Crippen molar-refractivity contribution in [3.63, 3.8) is 0 Å². The summed E-state index contributed by atoms with van der Waals surface area (Å²) in [5.41, 5.74) is 0.00133. The van der Waals surface area contributed by atoms with Gasteiger partial charge in [-0.3, -0.25) is 0 Å². The third-order valence-electron chi connectivity index (χ3n) is 2.44. The third kappa shape index (κ3) is 3.90. The second-order valence-corrected chi connectivity index (χ2v) is 5.94. The fourth-order valence-electron chi connectivity index (χ4n) is 1.51. The minimum absolute atomic E-state index is 0.0510. The Morgan fingerprint density at radius 3 is 2.63 bits per heavy atom. The molecule has 6 nitrogen and oxygen atoms in total. The van der Waals surface area contributed by atoms with Crippen molar-refractivity contribution in [1.29, 1.82) is 0 Å². The Morgan fingerprint density at radius 2 is 2.11 bits per heavy atom. The predicted molar refractivity (Wildman–Crippen MR) is 70.2 cm³/mol. The molecule has 0 aliphatic rings. The van der Waals surface area contributed by atoms with E-state index in [1.54, 1.807) is 0 Å². The number of ether oxygens (including phenoxy) is 1. The predicted octanol–water partition coefficient (Wildman–Crippen LogP) is 1.27. The largest absolute Gasteiger partial charge is 0.478 e. The van der Waals surface area contributed by atoms with Crippen molar-refractivity contribution < 1.29 is 23.1 Å². The molecule has 0 heterocycles. The zero-order valence-electron chi connectivity index (χ0n) is 10.4. The van der Waals surface area contributed by atoms with E-state index < -0.39 is 16.0 Å². The normalized spacial score (nSPS) is 11.5. The molecule has 1 rings (SSSR count). The van der Waals surface area contributed by atoms with Crippen LogP contribution in [0.3, 0.4) is 0 Å². The number of benzene rings is 1. The van der Waals surface area contributed by atoms with Gasteiger partial charge in [-0.05, 0) is 24.6 Å². The van der Waals surface area contributed by atoms with Gasteiger partial charge in [0.25, 0.3) is 0 Å². The maximum Gasteiger partial charge on any atom is 0.336 e. The minimum atomic E-state index is -3.82. The molecule has 19 heavy (non-hydrogen) atoms. The second-order valence-electron chi connectivity index (χ2n) is 3.77. The van der Waals surface area contributed by atoms with Crippen molar-refractivity contribution in [1.82, 2.24) is 4.72 Å². The summed E-state index contributed by atoms with van der Waals surface area (Å²) in [7, 11) is -2.37. The molecule has 0 spiro atoms. The van der Waals surface area contributed by atoms with Gasteiger partial charge in [-0.2, -0.15) is 0 Å². The van der Waals surface area contributed by atoms with E-state index in [9.17, 15) is 13.2 Å². The molecule has 1 aromatic carbocycles. The Labute approximate surface area is 116 Å². The number of carbonyl (C=O) groups is 1. The van der Waals surface area contributed by atoms with E-state index in [1.807, 2.05) is 0 Å². The van der Waals surface area contributed by atoms with Gasteiger partial charge in [0.05, 0.1) is 17.1 Å². The van der Waals surface area contributed by atoms with E-state index in [0.717, 1.165) is 0 Å². The third-order valence-corrected chi connectivity index (χ3v) is 4.25. The van der Waals surface area contributed by atoms with E-state index in [1.165, 1.54) is 26.2 Å². The molecule has 0 saturated heterocycles. The first-order valence-corrected chi connectivity index (χ1v) is 7.17. The summed E-state index contributed by atoms with van der Waals surface area (Å²) < 4.78 is 31.1. The Kier molecular flexibility index (Phi) is 5.30. The lowest BCUT2D eigenvalue weighted by atomic mass is 10.1. The summed E-state index contributed by atoms with van der Waals surface area (Å²) >= 11 is 5.75. The molecule has 2 N–H and O–H groups in total. The van der Waals surface area contributed by atoms with Crippen LogP contribution in [-0.2, 0) is 14.8 Å². The van der Waals surface area contributed by atoms with Crippen LogP contribution in [0, 0.1) is 6.92 Å². The lowest BCUT2D eigenvalue weighted by Crippen LogP contribution is -2.28. The highest BCUT2D eigenvalue weighted by molar-refractivity contribution is 7.89. The molecule has 106 valence electrons.